The van der Waals surface area contributed by atoms with E-state index in [-0.39, 0.29) is 23.1 Å². The van der Waals surface area contributed by atoms with E-state index in [9.17, 15) is 8.42 Å². The van der Waals surface area contributed by atoms with Gasteiger partial charge in [0.05, 0.1) is 11.6 Å². The van der Waals surface area contributed by atoms with Crippen LogP contribution in [0.1, 0.15) is 30.0 Å². The van der Waals surface area contributed by atoms with Gasteiger partial charge in [0.25, 0.3) is 0 Å². The highest BCUT2D eigenvalue weighted by Crippen LogP contribution is 2.28. The van der Waals surface area contributed by atoms with Crippen LogP contribution in [0.4, 0.5) is 0 Å². The van der Waals surface area contributed by atoms with Crippen molar-refractivity contribution in [2.45, 2.75) is 38.5 Å². The highest BCUT2D eigenvalue weighted by Gasteiger charge is 2.39. The minimum Gasteiger partial charge on any atom is -0.387 e. The number of hydrogen-bond acceptors (Lipinski definition) is 4. The van der Waals surface area contributed by atoms with E-state index < -0.39 is 15.4 Å². The second kappa shape index (κ2) is 5.37. The van der Waals surface area contributed by atoms with Gasteiger partial charge in [0.1, 0.15) is 0 Å². The fourth-order valence-corrected chi connectivity index (χ4v) is 3.83. The number of nitrogens with zero attached hydrogens (tertiary/aromatic N) is 1. The van der Waals surface area contributed by atoms with Crippen LogP contribution < -0.4 is 0 Å². The van der Waals surface area contributed by atoms with Gasteiger partial charge in [0.15, 0.2) is 20.5 Å². The van der Waals surface area contributed by atoms with Gasteiger partial charge in [0, 0.05) is 6.42 Å². The molecule has 0 saturated heterocycles. The lowest BCUT2D eigenvalue weighted by Gasteiger charge is -2.16. The predicted octanol–water partition coefficient (Wildman–Crippen LogP) is 2.95. The third-order valence-corrected chi connectivity index (χ3v) is 5.39. The summed E-state index contributed by atoms with van der Waals surface area (Å²) in [4.78, 5) is 5.15. The summed E-state index contributed by atoms with van der Waals surface area (Å²) in [6, 6.07) is 5.76. The first-order valence-electron chi connectivity index (χ1n) is 6.35. The molecule has 1 aromatic carbocycles. The molecule has 6 heteroatoms. The van der Waals surface area contributed by atoms with Crippen molar-refractivity contribution in [3.8, 4) is 0 Å². The minimum atomic E-state index is -3.46. The zero-order chi connectivity index (χ0) is 15.0. The number of benzene rings is 1. The van der Waals surface area contributed by atoms with Crippen molar-refractivity contribution in [2.24, 2.45) is 5.16 Å². The van der Waals surface area contributed by atoms with Gasteiger partial charge in [-0.25, -0.2) is 8.42 Å². The van der Waals surface area contributed by atoms with Crippen molar-refractivity contribution in [2.75, 3.05) is 5.88 Å². The van der Waals surface area contributed by atoms with Crippen molar-refractivity contribution in [3.05, 3.63) is 34.9 Å². The standard InChI is InChI=1S/C14H18ClNO3S/c1-10-4-11(2)6-12(5-10)8-20(17,18)13-7-14(3,9-15)19-16-13/h4-6H,7-9H2,1-3H3. The van der Waals surface area contributed by atoms with Crippen LogP contribution in [-0.2, 0) is 20.4 Å². The predicted molar refractivity (Wildman–Crippen MR) is 80.8 cm³/mol. The molecule has 0 aliphatic carbocycles. The zero-order valence-corrected chi connectivity index (χ0v) is 13.4. The van der Waals surface area contributed by atoms with Crippen molar-refractivity contribution in [1.29, 1.82) is 0 Å². The Kier molecular flexibility index (Phi) is 4.12. The van der Waals surface area contributed by atoms with Crippen molar-refractivity contribution >= 4 is 26.5 Å². The first-order valence-corrected chi connectivity index (χ1v) is 8.54. The summed E-state index contributed by atoms with van der Waals surface area (Å²) in [5.74, 6) is 0.148. The van der Waals surface area contributed by atoms with E-state index in [1.165, 1.54) is 0 Å². The summed E-state index contributed by atoms with van der Waals surface area (Å²) in [6.45, 7) is 5.65. The maximum Gasteiger partial charge on any atom is 0.199 e. The van der Waals surface area contributed by atoms with Gasteiger partial charge in [-0.3, -0.25) is 0 Å². The van der Waals surface area contributed by atoms with Crippen LogP contribution in [-0.4, -0.2) is 24.9 Å². The molecule has 1 aromatic rings. The molecule has 20 heavy (non-hydrogen) atoms. The molecule has 0 fully saturated rings. The summed E-state index contributed by atoms with van der Waals surface area (Å²) in [5, 5.41) is 3.80. The Morgan fingerprint density at radius 2 is 1.90 bits per heavy atom. The third-order valence-electron chi connectivity index (χ3n) is 3.17. The number of aryl methyl sites for hydroxylation is 2. The van der Waals surface area contributed by atoms with Gasteiger partial charge in [0.2, 0.25) is 0 Å². The number of rotatable bonds is 3. The van der Waals surface area contributed by atoms with E-state index in [2.05, 4.69) is 5.16 Å². The van der Waals surface area contributed by atoms with Crippen LogP contribution in [0.5, 0.6) is 0 Å². The van der Waals surface area contributed by atoms with Crippen LogP contribution in [0.15, 0.2) is 23.4 Å². The number of sulfone groups is 1. The molecule has 1 aliphatic rings. The Balaban J connectivity index is 2.20. The Labute approximate surface area is 124 Å². The smallest absolute Gasteiger partial charge is 0.199 e. The van der Waals surface area contributed by atoms with Crippen LogP contribution in [0.2, 0.25) is 0 Å². The van der Waals surface area contributed by atoms with Crippen molar-refractivity contribution in [1.82, 2.24) is 0 Å². The largest absolute Gasteiger partial charge is 0.387 e. The van der Waals surface area contributed by atoms with Gasteiger partial charge >= 0.3 is 0 Å². The van der Waals surface area contributed by atoms with E-state index in [1.807, 2.05) is 32.0 Å². The molecule has 0 N–H and O–H groups in total. The molecule has 0 spiro atoms. The second-order valence-corrected chi connectivity index (χ2v) is 7.85. The number of oxime groups is 1. The first kappa shape index (κ1) is 15.3. The molecule has 2 rings (SSSR count). The number of halogens is 1. The maximum absolute atomic E-state index is 12.4. The average Bonchev–Trinajstić information content (AvgIpc) is 2.71. The highest BCUT2D eigenvalue weighted by molar-refractivity contribution is 8.05. The molecule has 0 aromatic heterocycles. The number of hydrogen-bond donors (Lipinski definition) is 0. The normalized spacial score (nSPS) is 22.5. The van der Waals surface area contributed by atoms with Crippen molar-refractivity contribution in [3.63, 3.8) is 0 Å². The molecule has 0 saturated carbocycles. The van der Waals surface area contributed by atoms with Gasteiger partial charge in [-0.15, -0.1) is 11.6 Å². The van der Waals surface area contributed by atoms with E-state index in [0.717, 1.165) is 16.7 Å². The fraction of sp³-hybridized carbons (Fsp3) is 0.500. The molecule has 1 atom stereocenters. The molecule has 1 heterocycles. The Morgan fingerprint density at radius 3 is 2.40 bits per heavy atom. The molecule has 0 radical (unpaired) electrons. The average molecular weight is 316 g/mol. The van der Waals surface area contributed by atoms with Crippen LogP contribution >= 0.6 is 11.6 Å². The van der Waals surface area contributed by atoms with Gasteiger partial charge in [-0.2, -0.15) is 0 Å². The molecule has 4 nitrogen and oxygen atoms in total. The second-order valence-electron chi connectivity index (χ2n) is 5.59. The summed E-state index contributed by atoms with van der Waals surface area (Å²) in [7, 11) is -3.46. The molecule has 0 amide bonds. The SMILES string of the molecule is Cc1cc(C)cc(CS(=O)(=O)C2=NOC(C)(CCl)C2)c1. The van der Waals surface area contributed by atoms with E-state index >= 15 is 0 Å². The van der Waals surface area contributed by atoms with E-state index in [1.54, 1.807) is 6.92 Å². The summed E-state index contributed by atoms with van der Waals surface area (Å²) < 4.78 is 24.7. The van der Waals surface area contributed by atoms with Crippen LogP contribution in [0, 0.1) is 13.8 Å². The van der Waals surface area contributed by atoms with Gasteiger partial charge < -0.3 is 4.84 Å². The molecular weight excluding hydrogens is 298 g/mol. The lowest BCUT2D eigenvalue weighted by molar-refractivity contribution is 0.0152. The molecular formula is C14H18ClNO3S. The summed E-state index contributed by atoms with van der Waals surface area (Å²) >= 11 is 5.77. The first-order chi connectivity index (χ1) is 9.24. The molecule has 0 bridgehead atoms. The number of alkyl halides is 1. The molecule has 110 valence electrons. The zero-order valence-electron chi connectivity index (χ0n) is 11.8. The topological polar surface area (TPSA) is 55.7 Å². The monoisotopic (exact) mass is 315 g/mol. The Bertz CT molecular complexity index is 634. The van der Waals surface area contributed by atoms with Crippen molar-refractivity contribution < 1.29 is 13.3 Å². The highest BCUT2D eigenvalue weighted by atomic mass is 35.5. The fourth-order valence-electron chi connectivity index (χ4n) is 2.24. The van der Waals surface area contributed by atoms with E-state index in [0.29, 0.717) is 0 Å². The quantitative estimate of drug-likeness (QED) is 0.806. The Hall–Kier alpha value is -1.07. The van der Waals surface area contributed by atoms with Gasteiger partial charge in [-0.05, 0) is 26.3 Å². The minimum absolute atomic E-state index is 0.0594. The third kappa shape index (κ3) is 3.33. The Morgan fingerprint density at radius 1 is 1.30 bits per heavy atom. The van der Waals surface area contributed by atoms with Gasteiger partial charge in [-0.1, -0.05) is 34.5 Å². The lowest BCUT2D eigenvalue weighted by atomic mass is 10.1. The summed E-state index contributed by atoms with van der Waals surface area (Å²) in [6.07, 6.45) is 0.226. The van der Waals surface area contributed by atoms with Crippen LogP contribution in [0.3, 0.4) is 0 Å². The molecule has 1 unspecified atom stereocenters. The van der Waals surface area contributed by atoms with E-state index in [4.69, 9.17) is 16.4 Å². The lowest BCUT2D eigenvalue weighted by Crippen LogP contribution is -2.28. The maximum atomic E-state index is 12.4. The summed E-state index contributed by atoms with van der Waals surface area (Å²) in [5.41, 5.74) is 2.15. The van der Waals surface area contributed by atoms with Crippen LogP contribution in [0.25, 0.3) is 0 Å². The molecule has 1 aliphatic heterocycles.